The lowest BCUT2D eigenvalue weighted by Crippen LogP contribution is -2.43. The zero-order chi connectivity index (χ0) is 25.6. The maximum absolute atomic E-state index is 12.9. The molecule has 37 heavy (non-hydrogen) atoms. The number of hydrogen-bond acceptors (Lipinski definition) is 5. The summed E-state index contributed by atoms with van der Waals surface area (Å²) in [5.41, 5.74) is 4.94. The smallest absolute Gasteiger partial charge is 0.323 e. The van der Waals surface area contributed by atoms with Crippen molar-refractivity contribution in [1.29, 1.82) is 0 Å². The van der Waals surface area contributed by atoms with Crippen molar-refractivity contribution in [2.45, 2.75) is 38.6 Å². The molecule has 0 aliphatic carbocycles. The highest BCUT2D eigenvalue weighted by Crippen LogP contribution is 2.29. The Bertz CT molecular complexity index is 1350. The van der Waals surface area contributed by atoms with Crippen LogP contribution in [0, 0.1) is 0 Å². The quantitative estimate of drug-likeness (QED) is 0.248. The van der Waals surface area contributed by atoms with Crippen LogP contribution in [0.4, 0.5) is 21.9 Å². The van der Waals surface area contributed by atoms with E-state index < -0.39 is 0 Å². The summed E-state index contributed by atoms with van der Waals surface area (Å²) < 4.78 is 1.66. The normalized spacial score (nSPS) is 14.2. The van der Waals surface area contributed by atoms with Gasteiger partial charge in [0, 0.05) is 29.7 Å². The van der Waals surface area contributed by atoms with Gasteiger partial charge in [-0.2, -0.15) is 5.10 Å². The van der Waals surface area contributed by atoms with Gasteiger partial charge in [0.1, 0.15) is 0 Å². The lowest BCUT2D eigenvalue weighted by Gasteiger charge is -2.35. The number of carbonyl (C=O) groups is 1. The van der Waals surface area contributed by atoms with Crippen LogP contribution in [0.5, 0.6) is 0 Å². The summed E-state index contributed by atoms with van der Waals surface area (Å²) in [7, 11) is 0. The van der Waals surface area contributed by atoms with Gasteiger partial charge in [-0.3, -0.25) is 0 Å². The van der Waals surface area contributed by atoms with E-state index in [1.807, 2.05) is 42.5 Å². The Balaban J connectivity index is 1.23. The standard InChI is InChI=1S/C28H32ClN7O/c1-2-3-14-30-22-12-15-35(16-13-22)26-7-5-4-6-25(26)34-28(37)33-23-17-31-27-24(18-32-36(27)19-23)20-8-10-21(29)11-9-20/h4-11,17-19,22,30H,2-3,12-16H2,1H3,(H2,33,34,37). The van der Waals surface area contributed by atoms with Crippen molar-refractivity contribution >= 4 is 40.3 Å². The molecule has 0 spiro atoms. The second kappa shape index (κ2) is 11.6. The van der Waals surface area contributed by atoms with Crippen molar-refractivity contribution in [3.05, 3.63) is 72.1 Å². The molecule has 2 aromatic heterocycles. The van der Waals surface area contributed by atoms with Gasteiger partial charge < -0.3 is 20.9 Å². The highest BCUT2D eigenvalue weighted by molar-refractivity contribution is 6.30. The molecule has 3 heterocycles. The first-order chi connectivity index (χ1) is 18.1. The van der Waals surface area contributed by atoms with Gasteiger partial charge in [-0.05, 0) is 55.6 Å². The van der Waals surface area contributed by atoms with Crippen LogP contribution in [0.25, 0.3) is 16.8 Å². The van der Waals surface area contributed by atoms with Crippen molar-refractivity contribution in [2.24, 2.45) is 0 Å². The molecule has 0 atom stereocenters. The summed E-state index contributed by atoms with van der Waals surface area (Å²) in [4.78, 5) is 19.8. The molecular weight excluding hydrogens is 486 g/mol. The second-order valence-electron chi connectivity index (χ2n) is 9.34. The third kappa shape index (κ3) is 6.03. The van der Waals surface area contributed by atoms with E-state index in [0.717, 1.165) is 55.0 Å². The number of unbranched alkanes of at least 4 members (excludes halogenated alkanes) is 1. The fraction of sp³-hybridized carbons (Fsp3) is 0.321. The SMILES string of the molecule is CCCCNC1CCN(c2ccccc2NC(=O)Nc2cnc3c(-c4ccc(Cl)cc4)cnn3c2)CC1. The number of carbonyl (C=O) groups excluding carboxylic acids is 1. The van der Waals surface area contributed by atoms with Gasteiger partial charge in [0.2, 0.25) is 0 Å². The largest absolute Gasteiger partial charge is 0.370 e. The first-order valence-corrected chi connectivity index (χ1v) is 13.2. The molecule has 1 aliphatic heterocycles. The van der Waals surface area contributed by atoms with E-state index in [1.54, 1.807) is 23.1 Å². The van der Waals surface area contributed by atoms with Gasteiger partial charge >= 0.3 is 6.03 Å². The summed E-state index contributed by atoms with van der Waals surface area (Å²) in [6, 6.07) is 15.7. The molecule has 192 valence electrons. The predicted octanol–water partition coefficient (Wildman–Crippen LogP) is 6.05. The number of para-hydroxylation sites is 2. The van der Waals surface area contributed by atoms with Gasteiger partial charge in [0.05, 0.1) is 35.7 Å². The fourth-order valence-corrected chi connectivity index (χ4v) is 4.85. The van der Waals surface area contributed by atoms with E-state index in [-0.39, 0.29) is 6.03 Å². The van der Waals surface area contributed by atoms with Crippen LogP contribution in [0.15, 0.2) is 67.1 Å². The Morgan fingerprint density at radius 3 is 2.62 bits per heavy atom. The minimum Gasteiger partial charge on any atom is -0.370 e. The number of nitrogens with zero attached hydrogens (tertiary/aromatic N) is 4. The van der Waals surface area contributed by atoms with Crippen molar-refractivity contribution in [1.82, 2.24) is 19.9 Å². The van der Waals surface area contributed by atoms with Gasteiger partial charge in [-0.25, -0.2) is 14.3 Å². The Morgan fingerprint density at radius 2 is 1.84 bits per heavy atom. The molecule has 0 saturated carbocycles. The van der Waals surface area contributed by atoms with E-state index in [0.29, 0.717) is 22.4 Å². The Labute approximate surface area is 222 Å². The third-order valence-corrected chi connectivity index (χ3v) is 6.97. The van der Waals surface area contributed by atoms with Crippen LogP contribution >= 0.6 is 11.6 Å². The summed E-state index contributed by atoms with van der Waals surface area (Å²) in [5, 5.41) is 14.7. The highest BCUT2D eigenvalue weighted by Gasteiger charge is 2.21. The van der Waals surface area contributed by atoms with Crippen LogP contribution in [0.2, 0.25) is 5.02 Å². The summed E-state index contributed by atoms with van der Waals surface area (Å²) in [6.45, 7) is 5.22. The molecular formula is C28H32ClN7O. The number of nitrogens with one attached hydrogen (secondary N) is 3. The number of rotatable bonds is 8. The van der Waals surface area contributed by atoms with Gasteiger partial charge in [-0.15, -0.1) is 0 Å². The number of amides is 2. The number of urea groups is 1. The molecule has 5 rings (SSSR count). The van der Waals surface area contributed by atoms with Crippen LogP contribution < -0.4 is 20.9 Å². The Kier molecular flexibility index (Phi) is 7.87. The van der Waals surface area contributed by atoms with E-state index in [9.17, 15) is 4.79 Å². The zero-order valence-corrected chi connectivity index (χ0v) is 21.7. The number of aromatic nitrogens is 3. The molecule has 0 bridgehead atoms. The molecule has 1 saturated heterocycles. The average molecular weight is 518 g/mol. The molecule has 2 aromatic carbocycles. The second-order valence-corrected chi connectivity index (χ2v) is 9.78. The molecule has 0 radical (unpaired) electrons. The predicted molar refractivity (Wildman–Crippen MR) is 151 cm³/mol. The van der Waals surface area contributed by atoms with E-state index in [1.165, 1.54) is 12.8 Å². The van der Waals surface area contributed by atoms with E-state index in [2.05, 4.69) is 43.9 Å². The van der Waals surface area contributed by atoms with Crippen molar-refractivity contribution < 1.29 is 4.79 Å². The molecule has 4 aromatic rings. The summed E-state index contributed by atoms with van der Waals surface area (Å²) in [5.74, 6) is 0. The van der Waals surface area contributed by atoms with Gasteiger partial charge in [-0.1, -0.05) is 49.2 Å². The maximum atomic E-state index is 12.9. The summed E-state index contributed by atoms with van der Waals surface area (Å²) >= 11 is 6.01. The molecule has 2 amide bonds. The lowest BCUT2D eigenvalue weighted by atomic mass is 10.0. The van der Waals surface area contributed by atoms with Gasteiger partial charge in [0.15, 0.2) is 5.65 Å². The number of benzene rings is 2. The molecule has 9 heteroatoms. The Morgan fingerprint density at radius 1 is 1.05 bits per heavy atom. The first kappa shape index (κ1) is 25.0. The zero-order valence-electron chi connectivity index (χ0n) is 21.0. The van der Waals surface area contributed by atoms with Crippen molar-refractivity contribution in [3.63, 3.8) is 0 Å². The van der Waals surface area contributed by atoms with Crippen molar-refractivity contribution in [3.8, 4) is 11.1 Å². The monoisotopic (exact) mass is 517 g/mol. The number of piperidine rings is 1. The molecule has 3 N–H and O–H groups in total. The Hall–Kier alpha value is -3.62. The third-order valence-electron chi connectivity index (χ3n) is 6.72. The minimum absolute atomic E-state index is 0.324. The molecule has 8 nitrogen and oxygen atoms in total. The molecule has 1 aliphatic rings. The van der Waals surface area contributed by atoms with Crippen LogP contribution in [0.3, 0.4) is 0 Å². The highest BCUT2D eigenvalue weighted by atomic mass is 35.5. The number of anilines is 3. The summed E-state index contributed by atoms with van der Waals surface area (Å²) in [6.07, 6.45) is 9.77. The lowest BCUT2D eigenvalue weighted by molar-refractivity contribution is 0.262. The van der Waals surface area contributed by atoms with E-state index >= 15 is 0 Å². The topological polar surface area (TPSA) is 86.6 Å². The van der Waals surface area contributed by atoms with Crippen LogP contribution in [-0.2, 0) is 0 Å². The minimum atomic E-state index is -0.324. The molecule has 1 fully saturated rings. The van der Waals surface area contributed by atoms with E-state index in [4.69, 9.17) is 11.6 Å². The first-order valence-electron chi connectivity index (χ1n) is 12.9. The number of halogens is 1. The van der Waals surface area contributed by atoms with Crippen LogP contribution in [0.1, 0.15) is 32.6 Å². The number of fused-ring (bicyclic) bond motifs is 1. The number of hydrogen-bond donors (Lipinski definition) is 3. The van der Waals surface area contributed by atoms with Gasteiger partial charge in [0.25, 0.3) is 0 Å². The maximum Gasteiger partial charge on any atom is 0.323 e. The van der Waals surface area contributed by atoms with Crippen molar-refractivity contribution in [2.75, 3.05) is 35.2 Å². The fourth-order valence-electron chi connectivity index (χ4n) is 4.72. The molecule has 0 unspecified atom stereocenters. The van der Waals surface area contributed by atoms with Crippen LogP contribution in [-0.4, -0.2) is 46.3 Å². The average Bonchev–Trinajstić information content (AvgIpc) is 3.33.